The minimum Gasteiger partial charge on any atom is -0.350 e. The van der Waals surface area contributed by atoms with E-state index in [4.69, 9.17) is 1.37 Å². The fourth-order valence-electron chi connectivity index (χ4n) is 1.81. The van der Waals surface area contributed by atoms with E-state index in [0.717, 1.165) is 5.56 Å². The Hall–Kier alpha value is -1.57. The molecule has 0 aliphatic carbocycles. The average molecular weight is 188 g/mol. The number of aromatic nitrogens is 1. The molecule has 2 heteroatoms. The second-order valence-corrected chi connectivity index (χ2v) is 3.43. The van der Waals surface area contributed by atoms with E-state index < -0.39 is 6.26 Å². The van der Waals surface area contributed by atoms with Crippen molar-refractivity contribution in [3.8, 4) is 0 Å². The molecule has 0 aliphatic heterocycles. The first-order valence-corrected chi connectivity index (χ1v) is 4.71. The minimum absolute atomic E-state index is 0.300. The van der Waals surface area contributed by atoms with Crippen LogP contribution in [0.1, 0.15) is 13.4 Å². The maximum Gasteiger partial charge on any atom is 0.120 e. The van der Waals surface area contributed by atoms with Crippen LogP contribution in [0.5, 0.6) is 0 Å². The van der Waals surface area contributed by atoms with Gasteiger partial charge < -0.3 is 9.36 Å². The molecular weight excluding hydrogens is 174 g/mol. The third kappa shape index (κ3) is 1.43. The lowest BCUT2D eigenvalue weighted by Gasteiger charge is -1.94. The summed E-state index contributed by atoms with van der Waals surface area (Å²) in [7, 11) is 1.99. The first-order chi connectivity index (χ1) is 7.18. The Morgan fingerprint density at radius 2 is 2.29 bits per heavy atom. The molecule has 0 bridgehead atoms. The van der Waals surface area contributed by atoms with E-state index in [-0.39, 0.29) is 0 Å². The van der Waals surface area contributed by atoms with Crippen LogP contribution in [0.3, 0.4) is 0 Å². The van der Waals surface area contributed by atoms with Gasteiger partial charge in [0, 0.05) is 30.6 Å². The van der Waals surface area contributed by atoms with Crippen molar-refractivity contribution in [2.45, 2.75) is 12.8 Å². The van der Waals surface area contributed by atoms with Crippen LogP contribution in [-0.4, -0.2) is 10.8 Å². The van der Waals surface area contributed by atoms with E-state index in [1.165, 1.54) is 10.9 Å². The molecule has 0 aliphatic rings. The number of hydrogen-bond acceptors (Lipinski definition) is 1. The highest BCUT2D eigenvalue weighted by molar-refractivity contribution is 5.84. The summed E-state index contributed by atoms with van der Waals surface area (Å²) in [6.07, 6.45) is 2.49. The van der Waals surface area contributed by atoms with Crippen LogP contribution in [0.4, 0.5) is 0 Å². The van der Waals surface area contributed by atoms with Crippen molar-refractivity contribution in [1.29, 1.82) is 0 Å². The fraction of sp³-hybridized carbons (Fsp3) is 0.250. The van der Waals surface area contributed by atoms with Crippen LogP contribution < -0.4 is 0 Å². The predicted molar refractivity (Wildman–Crippen MR) is 57.3 cm³/mol. The number of para-hydroxylation sites is 1. The summed E-state index contributed by atoms with van der Waals surface area (Å²) in [5, 5.41) is 1.18. The first-order valence-electron chi connectivity index (χ1n) is 5.21. The molecule has 1 aromatic carbocycles. The van der Waals surface area contributed by atoms with Crippen molar-refractivity contribution in [2.24, 2.45) is 7.05 Å². The van der Waals surface area contributed by atoms with Gasteiger partial charge >= 0.3 is 0 Å². The number of nitrogens with zero attached hydrogens (tertiary/aromatic N) is 1. The quantitative estimate of drug-likeness (QED) is 0.677. The van der Waals surface area contributed by atoms with Gasteiger partial charge in [0.15, 0.2) is 0 Å². The van der Waals surface area contributed by atoms with Crippen molar-refractivity contribution >= 4 is 17.2 Å². The van der Waals surface area contributed by atoms with Gasteiger partial charge in [-0.1, -0.05) is 18.2 Å². The van der Waals surface area contributed by atoms with Gasteiger partial charge in [0.05, 0.1) is 0 Å². The number of carbonyl (C=O) groups is 1. The highest BCUT2D eigenvalue weighted by Gasteiger charge is 2.04. The molecule has 0 saturated carbocycles. The lowest BCUT2D eigenvalue weighted by atomic mass is 10.1. The summed E-state index contributed by atoms with van der Waals surface area (Å²) in [6, 6.07) is 8.11. The molecule has 0 radical (unpaired) electrons. The third-order valence-corrected chi connectivity index (χ3v) is 2.48. The van der Waals surface area contributed by atoms with E-state index >= 15 is 0 Å². The SMILES string of the molecule is [2H]C(=O)CCc1cn(C)c2ccccc12. The van der Waals surface area contributed by atoms with Crippen LogP contribution in [0.15, 0.2) is 30.5 Å². The standard InChI is InChI=1S/C12H13NO/c1-13-9-10(5-4-8-14)11-6-2-3-7-12(11)13/h2-3,6-9H,4-5H2,1H3/i8D. The van der Waals surface area contributed by atoms with Crippen LogP contribution >= 0.6 is 0 Å². The van der Waals surface area contributed by atoms with Crippen molar-refractivity contribution in [1.82, 2.24) is 4.57 Å². The molecule has 0 fully saturated rings. The Balaban J connectivity index is 2.39. The number of aldehydes is 1. The fourth-order valence-corrected chi connectivity index (χ4v) is 1.81. The molecule has 0 spiro atoms. The van der Waals surface area contributed by atoms with Crippen molar-refractivity contribution in [3.63, 3.8) is 0 Å². The van der Waals surface area contributed by atoms with Gasteiger partial charge in [0.25, 0.3) is 0 Å². The molecule has 2 rings (SSSR count). The summed E-state index contributed by atoms with van der Waals surface area (Å²) in [5.41, 5.74) is 2.32. The van der Waals surface area contributed by atoms with E-state index in [9.17, 15) is 4.79 Å². The van der Waals surface area contributed by atoms with Gasteiger partial charge in [0.1, 0.15) is 7.63 Å². The van der Waals surface area contributed by atoms with Gasteiger partial charge in [-0.25, -0.2) is 0 Å². The van der Waals surface area contributed by atoms with Crippen molar-refractivity contribution < 1.29 is 6.17 Å². The minimum atomic E-state index is -0.497. The van der Waals surface area contributed by atoms with Crippen LogP contribution in [-0.2, 0) is 18.3 Å². The van der Waals surface area contributed by atoms with Gasteiger partial charge in [-0.15, -0.1) is 0 Å². The second kappa shape index (κ2) is 3.66. The maximum absolute atomic E-state index is 10.6. The maximum atomic E-state index is 10.6. The molecule has 2 aromatic rings. The van der Waals surface area contributed by atoms with Gasteiger partial charge in [-0.3, -0.25) is 0 Å². The normalized spacial score (nSPS) is 11.6. The summed E-state index contributed by atoms with van der Waals surface area (Å²) < 4.78 is 8.95. The largest absolute Gasteiger partial charge is 0.350 e. The molecule has 0 amide bonds. The van der Waals surface area contributed by atoms with E-state index in [0.29, 0.717) is 12.8 Å². The molecule has 0 atom stereocenters. The summed E-state index contributed by atoms with van der Waals surface area (Å²) in [6.45, 7) is 0. The number of carbonyl (C=O) groups excluding carboxylic acids is 1. The number of fused-ring (bicyclic) bond motifs is 1. The highest BCUT2D eigenvalue weighted by Crippen LogP contribution is 2.20. The molecular formula is C12H13NO. The smallest absolute Gasteiger partial charge is 0.120 e. The van der Waals surface area contributed by atoms with E-state index in [1.54, 1.807) is 0 Å². The summed E-state index contributed by atoms with van der Waals surface area (Å²) in [5.74, 6) is 0. The highest BCUT2D eigenvalue weighted by atomic mass is 16.1. The van der Waals surface area contributed by atoms with E-state index in [1.807, 2.05) is 25.4 Å². The Morgan fingerprint density at radius 1 is 1.50 bits per heavy atom. The van der Waals surface area contributed by atoms with Crippen LogP contribution in [0, 0.1) is 0 Å². The van der Waals surface area contributed by atoms with Crippen LogP contribution in [0.2, 0.25) is 0 Å². The molecule has 1 aromatic heterocycles. The molecule has 2 nitrogen and oxygen atoms in total. The second-order valence-electron chi connectivity index (χ2n) is 3.43. The van der Waals surface area contributed by atoms with Crippen molar-refractivity contribution in [2.75, 3.05) is 0 Å². The Bertz CT molecular complexity index is 501. The zero-order chi connectivity index (χ0) is 10.8. The molecule has 1 heterocycles. The Labute approximate surface area is 84.6 Å². The van der Waals surface area contributed by atoms with Crippen LogP contribution in [0.25, 0.3) is 10.9 Å². The zero-order valence-corrected chi connectivity index (χ0v) is 8.16. The van der Waals surface area contributed by atoms with Gasteiger partial charge in [-0.05, 0) is 18.1 Å². The summed E-state index contributed by atoms with van der Waals surface area (Å²) >= 11 is 0. The lowest BCUT2D eigenvalue weighted by molar-refractivity contribution is -0.107. The Morgan fingerprint density at radius 3 is 3.07 bits per heavy atom. The third-order valence-electron chi connectivity index (χ3n) is 2.48. The first kappa shape index (κ1) is 7.80. The monoisotopic (exact) mass is 188 g/mol. The van der Waals surface area contributed by atoms with Gasteiger partial charge in [-0.2, -0.15) is 0 Å². The average Bonchev–Trinajstić information content (AvgIpc) is 2.54. The predicted octanol–water partition coefficient (Wildman–Crippen LogP) is 2.31. The van der Waals surface area contributed by atoms with E-state index in [2.05, 4.69) is 16.7 Å². The molecule has 0 N–H and O–H groups in total. The number of hydrogen-bond donors (Lipinski definition) is 0. The number of rotatable bonds is 3. The van der Waals surface area contributed by atoms with Gasteiger partial charge in [0.2, 0.25) is 0 Å². The molecule has 0 saturated heterocycles. The summed E-state index contributed by atoms with van der Waals surface area (Å²) in [4.78, 5) is 10.6. The topological polar surface area (TPSA) is 22.0 Å². The number of benzene rings is 1. The molecule has 14 heavy (non-hydrogen) atoms. The molecule has 72 valence electrons. The zero-order valence-electron chi connectivity index (χ0n) is 9.16. The van der Waals surface area contributed by atoms with Crippen molar-refractivity contribution in [3.05, 3.63) is 36.0 Å². The Kier molecular flexibility index (Phi) is 2.04. The number of aryl methyl sites for hydroxylation is 2. The lowest BCUT2D eigenvalue weighted by Crippen LogP contribution is -1.84. The molecule has 0 unspecified atom stereocenters.